The van der Waals surface area contributed by atoms with Crippen LogP contribution in [0, 0.1) is 5.82 Å². The van der Waals surface area contributed by atoms with Crippen LogP contribution in [0.2, 0.25) is 0 Å². The van der Waals surface area contributed by atoms with E-state index in [0.717, 1.165) is 49.9 Å². The molecule has 0 radical (unpaired) electrons. The summed E-state index contributed by atoms with van der Waals surface area (Å²) in [5.41, 5.74) is -2.14. The first-order valence-corrected chi connectivity index (χ1v) is 14.9. The third kappa shape index (κ3) is 6.95. The number of rotatable bonds is 6. The third-order valence-corrected chi connectivity index (χ3v) is 9.41. The number of amides is 1. The smallest absolute Gasteiger partial charge is 0.349 e. The van der Waals surface area contributed by atoms with Crippen LogP contribution in [0.15, 0.2) is 72.8 Å². The number of carbonyl (C=O) groups is 1. The molecule has 1 N–H and O–H groups in total. The Labute approximate surface area is 252 Å². The molecule has 0 bridgehead atoms. The van der Waals surface area contributed by atoms with Crippen molar-refractivity contribution in [2.75, 3.05) is 13.1 Å². The number of hydrogen-bond donors (Lipinski definition) is 1. The van der Waals surface area contributed by atoms with Crippen LogP contribution >= 0.6 is 0 Å². The first kappa shape index (κ1) is 32.0. The Bertz CT molecular complexity index is 1390. The molecule has 1 saturated heterocycles. The highest BCUT2D eigenvalue weighted by molar-refractivity contribution is 5.88. The molecule has 5 rings (SSSR count). The molecule has 2 aliphatic rings. The van der Waals surface area contributed by atoms with E-state index in [1.807, 2.05) is 42.5 Å². The summed E-state index contributed by atoms with van der Waals surface area (Å²) in [6, 6.07) is 16.4. The Morgan fingerprint density at radius 3 is 1.89 bits per heavy atom. The van der Waals surface area contributed by atoms with Crippen LogP contribution in [0.3, 0.4) is 0 Å². The second kappa shape index (κ2) is 12.5. The van der Waals surface area contributed by atoms with E-state index in [1.165, 1.54) is 19.1 Å². The maximum Gasteiger partial charge on any atom is 0.416 e. The molecule has 1 saturated carbocycles. The molecule has 0 unspecified atom stereocenters. The lowest BCUT2D eigenvalue weighted by atomic mass is 9.67. The molecule has 3 aromatic carbocycles. The summed E-state index contributed by atoms with van der Waals surface area (Å²) in [5.74, 6) is -0.301. The zero-order valence-corrected chi connectivity index (χ0v) is 24.3. The first-order valence-electron chi connectivity index (χ1n) is 14.9. The Morgan fingerprint density at radius 2 is 1.36 bits per heavy atom. The number of piperidine rings is 1. The number of likely N-dealkylation sites (tertiary alicyclic amines) is 1. The van der Waals surface area contributed by atoms with Gasteiger partial charge in [-0.3, -0.25) is 4.79 Å². The molecule has 1 heterocycles. The molecule has 1 aliphatic heterocycles. The highest BCUT2D eigenvalue weighted by atomic mass is 19.4. The lowest BCUT2D eigenvalue weighted by molar-refractivity contribution is -0.143. The summed E-state index contributed by atoms with van der Waals surface area (Å²) in [6.07, 6.45) is -5.63. The number of nitrogens with one attached hydrogen (secondary N) is 1. The van der Waals surface area contributed by atoms with Gasteiger partial charge in [-0.2, -0.15) is 26.3 Å². The summed E-state index contributed by atoms with van der Waals surface area (Å²) in [7, 11) is 0. The molecule has 3 aromatic rings. The fraction of sp³-hybridized carbons (Fsp3) is 0.441. The standard InChI is InChI=1S/C34H35F7N2O/c1-22(25-19-27(33(36,37)38)21-28(20-25)34(39,40)41)42-31(44)32(26-5-3-2-4-6-26)15-11-30(12-16-32)43-17-13-24(14-18-43)23-7-9-29(35)10-8-23/h2-10,19-22,24,30H,11-18H2,1H3,(H,42,44)/t22-,30?,32?/m0/s1. The van der Waals surface area contributed by atoms with Crippen molar-refractivity contribution < 1.29 is 35.5 Å². The van der Waals surface area contributed by atoms with Gasteiger partial charge >= 0.3 is 12.4 Å². The van der Waals surface area contributed by atoms with Gasteiger partial charge < -0.3 is 10.2 Å². The Kier molecular flexibility index (Phi) is 9.12. The summed E-state index contributed by atoms with van der Waals surface area (Å²) in [6.45, 7) is 3.17. The van der Waals surface area contributed by atoms with Gasteiger partial charge in [0.15, 0.2) is 0 Å². The fourth-order valence-corrected chi connectivity index (χ4v) is 6.84. The van der Waals surface area contributed by atoms with E-state index in [1.54, 1.807) is 0 Å². The molecular weight excluding hydrogens is 585 g/mol. The van der Waals surface area contributed by atoms with Crippen molar-refractivity contribution in [2.24, 2.45) is 0 Å². The molecule has 0 aromatic heterocycles. The Morgan fingerprint density at radius 1 is 0.818 bits per heavy atom. The summed E-state index contributed by atoms with van der Waals surface area (Å²) in [5, 5.41) is 2.77. The number of hydrogen-bond acceptors (Lipinski definition) is 2. The van der Waals surface area contributed by atoms with Gasteiger partial charge in [0.25, 0.3) is 0 Å². The minimum atomic E-state index is -4.98. The SMILES string of the molecule is C[C@H](NC(=O)C1(c2ccccc2)CCC(N2CCC(c3ccc(F)cc3)CC2)CC1)c1cc(C(F)(F)F)cc(C(F)(F)F)c1. The van der Waals surface area contributed by atoms with Crippen LogP contribution in [0.4, 0.5) is 30.7 Å². The van der Waals surface area contributed by atoms with E-state index in [-0.39, 0.29) is 23.5 Å². The van der Waals surface area contributed by atoms with E-state index in [2.05, 4.69) is 10.2 Å². The minimum Gasteiger partial charge on any atom is -0.349 e. The van der Waals surface area contributed by atoms with E-state index in [9.17, 15) is 35.5 Å². The number of benzene rings is 3. The number of alkyl halides is 6. The van der Waals surface area contributed by atoms with Gasteiger partial charge in [0.1, 0.15) is 5.82 Å². The lowest BCUT2D eigenvalue weighted by Gasteiger charge is -2.45. The molecule has 1 aliphatic carbocycles. The van der Waals surface area contributed by atoms with Gasteiger partial charge in [0, 0.05) is 6.04 Å². The number of nitrogens with zero attached hydrogens (tertiary/aromatic N) is 1. The highest BCUT2D eigenvalue weighted by Crippen LogP contribution is 2.43. The van der Waals surface area contributed by atoms with Crippen molar-refractivity contribution in [3.05, 3.63) is 106 Å². The average molecular weight is 621 g/mol. The zero-order valence-electron chi connectivity index (χ0n) is 24.3. The van der Waals surface area contributed by atoms with Crippen molar-refractivity contribution in [3.8, 4) is 0 Å². The maximum absolute atomic E-state index is 14.0. The Hall–Kier alpha value is -3.40. The summed E-state index contributed by atoms with van der Waals surface area (Å²) >= 11 is 0. The lowest BCUT2D eigenvalue weighted by Crippen LogP contribution is -2.51. The van der Waals surface area contributed by atoms with Crippen molar-refractivity contribution in [3.63, 3.8) is 0 Å². The van der Waals surface area contributed by atoms with E-state index >= 15 is 0 Å². The van der Waals surface area contributed by atoms with Crippen LogP contribution in [0.1, 0.15) is 85.2 Å². The molecule has 2 fully saturated rings. The van der Waals surface area contributed by atoms with Gasteiger partial charge in [0.2, 0.25) is 5.91 Å². The molecule has 3 nitrogen and oxygen atoms in total. The van der Waals surface area contributed by atoms with Crippen molar-refractivity contribution >= 4 is 5.91 Å². The highest BCUT2D eigenvalue weighted by Gasteiger charge is 2.45. The fourth-order valence-electron chi connectivity index (χ4n) is 6.84. The molecular formula is C34H35F7N2O. The van der Waals surface area contributed by atoms with Gasteiger partial charge in [-0.05, 0) is 111 Å². The van der Waals surface area contributed by atoms with E-state index in [4.69, 9.17) is 0 Å². The van der Waals surface area contributed by atoms with Gasteiger partial charge in [-0.1, -0.05) is 42.5 Å². The maximum atomic E-state index is 14.0. The zero-order chi connectivity index (χ0) is 31.7. The van der Waals surface area contributed by atoms with E-state index < -0.39 is 40.8 Å². The molecule has 44 heavy (non-hydrogen) atoms. The number of carbonyl (C=O) groups excluding carboxylic acids is 1. The summed E-state index contributed by atoms with van der Waals surface area (Å²) in [4.78, 5) is 16.4. The van der Waals surface area contributed by atoms with Gasteiger partial charge in [-0.15, -0.1) is 0 Å². The Balaban J connectivity index is 1.31. The second-order valence-corrected chi connectivity index (χ2v) is 12.1. The molecule has 1 atom stereocenters. The van der Waals surface area contributed by atoms with E-state index in [0.29, 0.717) is 30.9 Å². The average Bonchev–Trinajstić information content (AvgIpc) is 3.01. The first-order chi connectivity index (χ1) is 20.8. The third-order valence-electron chi connectivity index (χ3n) is 9.41. The van der Waals surface area contributed by atoms with Crippen LogP contribution in [0.5, 0.6) is 0 Å². The monoisotopic (exact) mass is 620 g/mol. The van der Waals surface area contributed by atoms with Crippen LogP contribution in [0.25, 0.3) is 0 Å². The minimum absolute atomic E-state index is 0.0905. The molecule has 0 spiro atoms. The van der Waals surface area contributed by atoms with Gasteiger partial charge in [-0.25, -0.2) is 4.39 Å². The molecule has 1 amide bonds. The molecule has 10 heteroatoms. The largest absolute Gasteiger partial charge is 0.416 e. The summed E-state index contributed by atoms with van der Waals surface area (Å²) < 4.78 is 94.2. The van der Waals surface area contributed by atoms with Crippen molar-refractivity contribution in [1.82, 2.24) is 10.2 Å². The van der Waals surface area contributed by atoms with Crippen molar-refractivity contribution in [2.45, 2.75) is 81.2 Å². The number of halogens is 7. The van der Waals surface area contributed by atoms with Crippen LogP contribution in [-0.2, 0) is 22.6 Å². The van der Waals surface area contributed by atoms with Crippen LogP contribution < -0.4 is 5.32 Å². The van der Waals surface area contributed by atoms with Crippen LogP contribution in [-0.4, -0.2) is 29.9 Å². The van der Waals surface area contributed by atoms with Gasteiger partial charge in [0.05, 0.1) is 22.6 Å². The quantitative estimate of drug-likeness (QED) is 0.280. The second-order valence-electron chi connectivity index (χ2n) is 12.1. The topological polar surface area (TPSA) is 32.3 Å². The predicted octanol–water partition coefficient (Wildman–Crippen LogP) is 8.80. The molecule has 236 valence electrons. The van der Waals surface area contributed by atoms with Crippen molar-refractivity contribution in [1.29, 1.82) is 0 Å². The normalized spacial score (nSPS) is 22.9. The predicted molar refractivity (Wildman–Crippen MR) is 153 cm³/mol.